The van der Waals surface area contributed by atoms with Gasteiger partial charge in [-0.05, 0) is 33.3 Å². The minimum absolute atomic E-state index is 0.102. The molecule has 0 spiro atoms. The van der Waals surface area contributed by atoms with Gasteiger partial charge in [0, 0.05) is 10.4 Å². The van der Waals surface area contributed by atoms with Crippen molar-refractivity contribution < 1.29 is 19.6 Å². The highest BCUT2D eigenvalue weighted by molar-refractivity contribution is 7.16. The smallest absolute Gasteiger partial charge is 0.280 e. The number of likely N-dealkylation sites (N-methyl/N-ethyl adjacent to an activating group) is 1. The fraction of sp³-hybridized carbons (Fsp3) is 0.538. The lowest BCUT2D eigenvalue weighted by Crippen LogP contribution is -3.12. The zero-order chi connectivity index (χ0) is 14.6. The van der Waals surface area contributed by atoms with Crippen molar-refractivity contribution in [2.45, 2.75) is 27.7 Å². The summed E-state index contributed by atoms with van der Waals surface area (Å²) in [5, 5.41) is 14.2. The van der Waals surface area contributed by atoms with E-state index in [2.05, 4.69) is 5.32 Å². The van der Waals surface area contributed by atoms with Gasteiger partial charge in [-0.1, -0.05) is 0 Å². The van der Waals surface area contributed by atoms with Crippen LogP contribution >= 0.6 is 11.3 Å². The number of carbonyl (C=O) groups excluding carboxylic acids is 2. The average Bonchev–Trinajstić information content (AvgIpc) is 2.61. The number of amides is 1. The fourth-order valence-corrected chi connectivity index (χ4v) is 2.92. The third-order valence-corrected chi connectivity index (χ3v) is 4.38. The molecule has 0 aliphatic rings. The summed E-state index contributed by atoms with van der Waals surface area (Å²) < 4.78 is 0. The number of carbonyl (C=O) groups is 2. The first-order valence-corrected chi connectivity index (χ1v) is 7.17. The lowest BCUT2D eigenvalue weighted by molar-refractivity contribution is -0.888. The SMILES string of the molecule is CC[NH+](CC)CC(=O)Nc1sc(C)c(C)c1C(=O)[O-]. The van der Waals surface area contributed by atoms with Crippen molar-refractivity contribution in [2.24, 2.45) is 0 Å². The second kappa shape index (κ2) is 6.68. The second-order valence-corrected chi connectivity index (χ2v) is 5.68. The van der Waals surface area contributed by atoms with Crippen molar-refractivity contribution in [1.82, 2.24) is 0 Å². The lowest BCUT2D eigenvalue weighted by Gasteiger charge is -2.15. The van der Waals surface area contributed by atoms with E-state index in [1.165, 1.54) is 11.3 Å². The molecule has 0 atom stereocenters. The fourth-order valence-electron chi connectivity index (χ4n) is 1.86. The monoisotopic (exact) mass is 284 g/mol. The summed E-state index contributed by atoms with van der Waals surface area (Å²) in [6.45, 7) is 9.64. The van der Waals surface area contributed by atoms with E-state index in [0.717, 1.165) is 22.9 Å². The molecule has 0 fully saturated rings. The molecule has 0 bridgehead atoms. The lowest BCUT2D eigenvalue weighted by atomic mass is 10.1. The first-order chi connectivity index (χ1) is 8.90. The molecule has 6 heteroatoms. The van der Waals surface area contributed by atoms with Crippen molar-refractivity contribution in [3.05, 3.63) is 16.0 Å². The molecule has 1 amide bonds. The van der Waals surface area contributed by atoms with Crippen LogP contribution in [-0.2, 0) is 4.79 Å². The number of nitrogens with one attached hydrogen (secondary N) is 2. The van der Waals surface area contributed by atoms with E-state index < -0.39 is 5.97 Å². The summed E-state index contributed by atoms with van der Waals surface area (Å²) in [6, 6.07) is 0. The zero-order valence-corrected chi connectivity index (χ0v) is 12.6. The molecule has 0 saturated carbocycles. The Morgan fingerprint density at radius 2 is 1.84 bits per heavy atom. The number of rotatable bonds is 6. The maximum Gasteiger partial charge on any atom is 0.280 e. The Balaban J connectivity index is 2.85. The van der Waals surface area contributed by atoms with Gasteiger partial charge in [-0.15, -0.1) is 11.3 Å². The highest BCUT2D eigenvalue weighted by atomic mass is 32.1. The van der Waals surface area contributed by atoms with Gasteiger partial charge in [-0.3, -0.25) is 4.79 Å². The predicted octanol–water partition coefficient (Wildman–Crippen LogP) is -0.408. The van der Waals surface area contributed by atoms with E-state index in [9.17, 15) is 14.7 Å². The van der Waals surface area contributed by atoms with Gasteiger partial charge >= 0.3 is 0 Å². The summed E-state index contributed by atoms with van der Waals surface area (Å²) in [5.41, 5.74) is 0.765. The highest BCUT2D eigenvalue weighted by Crippen LogP contribution is 2.31. The third-order valence-electron chi connectivity index (χ3n) is 3.25. The topological polar surface area (TPSA) is 73.7 Å². The Bertz CT molecular complexity index is 478. The summed E-state index contributed by atoms with van der Waals surface area (Å²) in [7, 11) is 0. The molecule has 1 aromatic heterocycles. The highest BCUT2D eigenvalue weighted by Gasteiger charge is 2.17. The van der Waals surface area contributed by atoms with E-state index >= 15 is 0 Å². The molecular weight excluding hydrogens is 264 g/mol. The van der Waals surface area contributed by atoms with Gasteiger partial charge < -0.3 is 20.1 Å². The van der Waals surface area contributed by atoms with E-state index in [1.54, 1.807) is 6.92 Å². The van der Waals surface area contributed by atoms with Crippen LogP contribution in [0, 0.1) is 13.8 Å². The number of aromatic carboxylic acids is 1. The Kier molecular flexibility index (Phi) is 5.50. The normalized spacial score (nSPS) is 10.8. The molecule has 1 heterocycles. The van der Waals surface area contributed by atoms with Crippen molar-refractivity contribution in [1.29, 1.82) is 0 Å². The molecule has 106 valence electrons. The quantitative estimate of drug-likeness (QED) is 0.746. The second-order valence-electron chi connectivity index (χ2n) is 4.46. The van der Waals surface area contributed by atoms with Gasteiger partial charge in [0.15, 0.2) is 6.54 Å². The first-order valence-electron chi connectivity index (χ1n) is 6.35. The van der Waals surface area contributed by atoms with Crippen molar-refractivity contribution in [3.8, 4) is 0 Å². The van der Waals surface area contributed by atoms with Crippen molar-refractivity contribution in [2.75, 3.05) is 25.0 Å². The van der Waals surface area contributed by atoms with Crippen LogP contribution in [0.2, 0.25) is 0 Å². The average molecular weight is 284 g/mol. The van der Waals surface area contributed by atoms with Crippen molar-refractivity contribution >= 4 is 28.2 Å². The van der Waals surface area contributed by atoms with E-state index in [-0.39, 0.29) is 11.5 Å². The minimum atomic E-state index is -1.24. The molecule has 0 radical (unpaired) electrons. The first kappa shape index (κ1) is 15.7. The molecule has 0 saturated heterocycles. The van der Waals surface area contributed by atoms with Gasteiger partial charge in [0.2, 0.25) is 0 Å². The molecule has 2 N–H and O–H groups in total. The van der Waals surface area contributed by atoms with E-state index in [0.29, 0.717) is 17.1 Å². The van der Waals surface area contributed by atoms with Crippen LogP contribution in [0.4, 0.5) is 5.00 Å². The van der Waals surface area contributed by atoms with Gasteiger partial charge in [-0.25, -0.2) is 0 Å². The number of aryl methyl sites for hydroxylation is 1. The number of hydrogen-bond donors (Lipinski definition) is 2. The third kappa shape index (κ3) is 3.78. The number of hydrogen-bond acceptors (Lipinski definition) is 4. The molecule has 1 rings (SSSR count). The summed E-state index contributed by atoms with van der Waals surface area (Å²) in [4.78, 5) is 25.0. The van der Waals surface area contributed by atoms with Gasteiger partial charge in [0.05, 0.1) is 19.1 Å². The van der Waals surface area contributed by atoms with Gasteiger partial charge in [-0.2, -0.15) is 0 Å². The Hall–Kier alpha value is -1.40. The summed E-state index contributed by atoms with van der Waals surface area (Å²) in [5.74, 6) is -1.41. The molecule has 5 nitrogen and oxygen atoms in total. The number of quaternary nitrogens is 1. The maximum atomic E-state index is 11.9. The van der Waals surface area contributed by atoms with Crippen molar-refractivity contribution in [3.63, 3.8) is 0 Å². The van der Waals surface area contributed by atoms with E-state index in [1.807, 2.05) is 20.8 Å². The Morgan fingerprint density at radius 1 is 1.26 bits per heavy atom. The van der Waals surface area contributed by atoms with Crippen LogP contribution < -0.4 is 15.3 Å². The predicted molar refractivity (Wildman–Crippen MR) is 73.7 cm³/mol. The number of thiophene rings is 1. The van der Waals surface area contributed by atoms with Crippen LogP contribution in [0.1, 0.15) is 34.6 Å². The zero-order valence-electron chi connectivity index (χ0n) is 11.8. The Morgan fingerprint density at radius 3 is 2.32 bits per heavy atom. The van der Waals surface area contributed by atoms with Crippen LogP contribution in [-0.4, -0.2) is 31.5 Å². The largest absolute Gasteiger partial charge is 0.545 e. The molecule has 0 aliphatic carbocycles. The van der Waals surface area contributed by atoms with Crippen LogP contribution in [0.25, 0.3) is 0 Å². The maximum absolute atomic E-state index is 11.9. The molecular formula is C13H20N2O3S. The number of carboxylic acids is 1. The number of anilines is 1. The van der Waals surface area contributed by atoms with Gasteiger partial charge in [0.1, 0.15) is 5.00 Å². The Labute approximate surface area is 117 Å². The summed E-state index contributed by atoms with van der Waals surface area (Å²) >= 11 is 1.28. The molecule has 0 aromatic carbocycles. The van der Waals surface area contributed by atoms with Crippen LogP contribution in [0.5, 0.6) is 0 Å². The van der Waals surface area contributed by atoms with Crippen LogP contribution in [0.15, 0.2) is 0 Å². The van der Waals surface area contributed by atoms with Gasteiger partial charge in [0.25, 0.3) is 5.91 Å². The molecule has 1 aromatic rings. The van der Waals surface area contributed by atoms with E-state index in [4.69, 9.17) is 0 Å². The number of carboxylic acid groups (broad SMARTS) is 1. The summed E-state index contributed by atoms with van der Waals surface area (Å²) in [6.07, 6.45) is 0. The van der Waals surface area contributed by atoms with Crippen LogP contribution in [0.3, 0.4) is 0 Å². The molecule has 19 heavy (non-hydrogen) atoms. The molecule has 0 unspecified atom stereocenters. The standard InChI is InChI=1S/C13H20N2O3S/c1-5-15(6-2)7-10(16)14-12-11(13(17)18)8(3)9(4)19-12/h5-7H2,1-4H3,(H,14,16)(H,17,18). The molecule has 0 aliphatic heterocycles. The minimum Gasteiger partial charge on any atom is -0.545 e.